The van der Waals surface area contributed by atoms with Gasteiger partial charge in [0.05, 0.1) is 6.04 Å². The highest BCUT2D eigenvalue weighted by atomic mass is 16.5. The number of amides is 2. The van der Waals surface area contributed by atoms with Crippen LogP contribution in [0, 0.1) is 0 Å². The van der Waals surface area contributed by atoms with Crippen molar-refractivity contribution in [2.45, 2.75) is 24.9 Å². The maximum atomic E-state index is 12.0. The zero-order valence-electron chi connectivity index (χ0n) is 11.1. The van der Waals surface area contributed by atoms with Crippen LogP contribution in [0.15, 0.2) is 28.9 Å². The van der Waals surface area contributed by atoms with Gasteiger partial charge in [-0.2, -0.15) is 0 Å². The zero-order chi connectivity index (χ0) is 14.4. The molecule has 2 amide bonds. The minimum atomic E-state index is -0.397. The summed E-state index contributed by atoms with van der Waals surface area (Å²) in [5.41, 5.74) is 0.786. The quantitative estimate of drug-likeness (QED) is 0.840. The lowest BCUT2D eigenvalue weighted by molar-refractivity contribution is -0.0584. The van der Waals surface area contributed by atoms with Gasteiger partial charge in [-0.15, -0.1) is 10.2 Å². The van der Waals surface area contributed by atoms with E-state index < -0.39 is 6.03 Å². The van der Waals surface area contributed by atoms with Crippen molar-refractivity contribution in [1.29, 1.82) is 0 Å². The highest BCUT2D eigenvalue weighted by Crippen LogP contribution is 2.37. The number of nitrogens with zero attached hydrogens (tertiary/aromatic N) is 5. The summed E-state index contributed by atoms with van der Waals surface area (Å²) in [4.78, 5) is 17.5. The molecule has 2 aliphatic rings. The molecule has 108 valence electrons. The Bertz CT molecular complexity index is 673. The van der Waals surface area contributed by atoms with Crippen LogP contribution in [0.5, 0.6) is 0 Å². The number of urea groups is 1. The highest BCUT2D eigenvalue weighted by Gasteiger charge is 2.46. The normalized spacial score (nSPS) is 24.7. The van der Waals surface area contributed by atoms with Crippen LogP contribution < -0.4 is 0 Å². The van der Waals surface area contributed by atoms with Crippen LogP contribution in [0.1, 0.15) is 24.8 Å². The molecule has 0 radical (unpaired) electrons. The molecule has 2 aromatic rings. The maximum Gasteiger partial charge on any atom is 0.344 e. The Hall–Kier alpha value is -2.48. The van der Waals surface area contributed by atoms with E-state index in [1.807, 2.05) is 0 Å². The third-order valence-corrected chi connectivity index (χ3v) is 4.00. The molecule has 2 aliphatic heterocycles. The van der Waals surface area contributed by atoms with Crippen LogP contribution in [0.2, 0.25) is 0 Å². The van der Waals surface area contributed by atoms with Gasteiger partial charge in [-0.25, -0.2) is 9.86 Å². The van der Waals surface area contributed by atoms with E-state index in [1.54, 1.807) is 29.4 Å². The summed E-state index contributed by atoms with van der Waals surface area (Å²) < 4.78 is 5.70. The van der Waals surface area contributed by atoms with Gasteiger partial charge in [0.1, 0.15) is 6.04 Å². The maximum absolute atomic E-state index is 12.0. The van der Waals surface area contributed by atoms with Crippen LogP contribution in [-0.2, 0) is 0 Å². The van der Waals surface area contributed by atoms with Crippen molar-refractivity contribution in [1.82, 2.24) is 25.1 Å². The second kappa shape index (κ2) is 4.52. The fraction of sp³-hybridized carbons (Fsp3) is 0.385. The molecule has 2 atom stereocenters. The number of carbonyl (C=O) groups excluding carboxylic acids is 1. The molecule has 4 rings (SSSR count). The van der Waals surface area contributed by atoms with Crippen molar-refractivity contribution < 1.29 is 14.4 Å². The number of carbonyl (C=O) groups is 1. The molecular weight excluding hydrogens is 274 g/mol. The fourth-order valence-corrected chi connectivity index (χ4v) is 2.89. The molecule has 2 fully saturated rings. The van der Waals surface area contributed by atoms with Gasteiger partial charge in [0.15, 0.2) is 0 Å². The molecule has 1 N–H and O–H groups in total. The topological polar surface area (TPSA) is 95.6 Å². The molecule has 0 aliphatic carbocycles. The van der Waals surface area contributed by atoms with E-state index >= 15 is 0 Å². The Balaban J connectivity index is 1.63. The molecule has 2 bridgehead atoms. The third kappa shape index (κ3) is 1.87. The molecular formula is C13H13N5O3. The van der Waals surface area contributed by atoms with E-state index in [4.69, 9.17) is 4.42 Å². The molecule has 0 saturated carbocycles. The van der Waals surface area contributed by atoms with Crippen molar-refractivity contribution in [2.24, 2.45) is 0 Å². The van der Waals surface area contributed by atoms with Gasteiger partial charge >= 0.3 is 6.03 Å². The average Bonchev–Trinajstić information content (AvgIpc) is 3.10. The lowest BCUT2D eigenvalue weighted by Crippen LogP contribution is -2.34. The van der Waals surface area contributed by atoms with Crippen molar-refractivity contribution in [3.8, 4) is 11.5 Å². The van der Waals surface area contributed by atoms with E-state index in [9.17, 15) is 10.0 Å². The van der Waals surface area contributed by atoms with E-state index in [0.29, 0.717) is 24.7 Å². The summed E-state index contributed by atoms with van der Waals surface area (Å²) in [5.74, 6) is 0.811. The second-order valence-corrected chi connectivity index (χ2v) is 5.21. The molecule has 8 nitrogen and oxygen atoms in total. The number of hydrogen-bond donors (Lipinski definition) is 1. The molecule has 0 spiro atoms. The SMILES string of the molecule is O=C1N(O)C2CC[C@@H](c3nnc(-c4ccncc4)o3)N1C2. The van der Waals surface area contributed by atoms with E-state index in [1.165, 1.54) is 0 Å². The fourth-order valence-electron chi connectivity index (χ4n) is 2.89. The van der Waals surface area contributed by atoms with Crippen molar-refractivity contribution >= 4 is 6.03 Å². The van der Waals surface area contributed by atoms with E-state index in [-0.39, 0.29) is 12.1 Å². The molecule has 2 saturated heterocycles. The van der Waals surface area contributed by atoms with Gasteiger partial charge in [-0.3, -0.25) is 10.2 Å². The number of pyridine rings is 1. The first-order valence-electron chi connectivity index (χ1n) is 6.76. The Kier molecular flexibility index (Phi) is 2.64. The first-order chi connectivity index (χ1) is 10.2. The summed E-state index contributed by atoms with van der Waals surface area (Å²) in [7, 11) is 0. The number of rotatable bonds is 2. The average molecular weight is 287 g/mol. The Morgan fingerprint density at radius 1 is 1.24 bits per heavy atom. The van der Waals surface area contributed by atoms with Gasteiger partial charge in [0, 0.05) is 24.5 Å². The second-order valence-electron chi connectivity index (χ2n) is 5.21. The summed E-state index contributed by atoms with van der Waals surface area (Å²) in [5, 5.41) is 18.6. The number of fused-ring (bicyclic) bond motifs is 2. The largest absolute Gasteiger partial charge is 0.418 e. The van der Waals surface area contributed by atoms with Crippen molar-refractivity contribution in [3.63, 3.8) is 0 Å². The molecule has 8 heteroatoms. The lowest BCUT2D eigenvalue weighted by atomic mass is 10.0. The Morgan fingerprint density at radius 3 is 2.86 bits per heavy atom. The zero-order valence-corrected chi connectivity index (χ0v) is 11.1. The molecule has 4 heterocycles. The Morgan fingerprint density at radius 2 is 2.05 bits per heavy atom. The molecule has 1 unspecified atom stereocenters. The van der Waals surface area contributed by atoms with Crippen LogP contribution in [0.4, 0.5) is 4.79 Å². The first kappa shape index (κ1) is 12.3. The number of piperidine rings is 1. The number of hydroxylamine groups is 2. The Labute approximate surface area is 120 Å². The highest BCUT2D eigenvalue weighted by molar-refractivity contribution is 5.76. The third-order valence-electron chi connectivity index (χ3n) is 4.00. The number of hydrogen-bond acceptors (Lipinski definition) is 6. The summed E-state index contributed by atoms with van der Waals surface area (Å²) >= 11 is 0. The molecule has 21 heavy (non-hydrogen) atoms. The van der Waals surface area contributed by atoms with Crippen LogP contribution in [-0.4, -0.2) is 49.0 Å². The van der Waals surface area contributed by atoms with Crippen LogP contribution in [0.3, 0.4) is 0 Å². The van der Waals surface area contributed by atoms with Gasteiger partial charge in [0.25, 0.3) is 0 Å². The van der Waals surface area contributed by atoms with E-state index in [2.05, 4.69) is 15.2 Å². The number of aromatic nitrogens is 3. The summed E-state index contributed by atoms with van der Waals surface area (Å²) in [6, 6.07) is 2.77. The lowest BCUT2D eigenvalue weighted by Gasteiger charge is -2.27. The van der Waals surface area contributed by atoms with Crippen LogP contribution in [0.25, 0.3) is 11.5 Å². The van der Waals surface area contributed by atoms with E-state index in [0.717, 1.165) is 17.0 Å². The van der Waals surface area contributed by atoms with Gasteiger partial charge < -0.3 is 9.32 Å². The summed E-state index contributed by atoms with van der Waals surface area (Å²) in [6.45, 7) is 0.493. The van der Waals surface area contributed by atoms with Gasteiger partial charge in [0.2, 0.25) is 11.8 Å². The minimum absolute atomic E-state index is 0.128. The van der Waals surface area contributed by atoms with Gasteiger partial charge in [-0.05, 0) is 25.0 Å². The smallest absolute Gasteiger partial charge is 0.344 e. The predicted molar refractivity (Wildman–Crippen MR) is 69.0 cm³/mol. The van der Waals surface area contributed by atoms with Crippen LogP contribution >= 0.6 is 0 Å². The van der Waals surface area contributed by atoms with Crippen molar-refractivity contribution in [2.75, 3.05) is 6.54 Å². The van der Waals surface area contributed by atoms with Gasteiger partial charge in [-0.1, -0.05) is 0 Å². The first-order valence-corrected chi connectivity index (χ1v) is 6.76. The monoisotopic (exact) mass is 287 g/mol. The molecule has 0 aromatic carbocycles. The summed E-state index contributed by atoms with van der Waals surface area (Å²) in [6.07, 6.45) is 4.72. The molecule has 2 aromatic heterocycles. The van der Waals surface area contributed by atoms with Crippen molar-refractivity contribution in [3.05, 3.63) is 30.4 Å². The standard InChI is InChI=1S/C13H13N5O3/c19-13-17-7-9(18(13)20)1-2-10(17)12-16-15-11(21-12)8-3-5-14-6-4-8/h3-6,9-10,20H,1-2,7H2/t9?,10-/m0/s1. The minimum Gasteiger partial charge on any atom is -0.418 e. The predicted octanol–water partition coefficient (Wildman–Crippen LogP) is 1.46.